The molecule has 0 amide bonds. The number of ether oxygens (including phenoxy) is 2. The Morgan fingerprint density at radius 2 is 2.05 bits per heavy atom. The van der Waals surface area contributed by atoms with Gasteiger partial charge in [0.2, 0.25) is 5.89 Å². The van der Waals surface area contributed by atoms with Gasteiger partial charge in [-0.05, 0) is 12.8 Å². The fourth-order valence-electron chi connectivity index (χ4n) is 2.43. The van der Waals surface area contributed by atoms with E-state index in [1.54, 1.807) is 7.11 Å². The fourth-order valence-corrected chi connectivity index (χ4v) is 2.43. The number of hydrogen-bond donors (Lipinski definition) is 1. The zero-order chi connectivity index (χ0) is 13.6. The second-order valence-corrected chi connectivity index (χ2v) is 5.21. The van der Waals surface area contributed by atoms with Crippen molar-refractivity contribution < 1.29 is 14.0 Å². The maximum absolute atomic E-state index is 6.29. The summed E-state index contributed by atoms with van der Waals surface area (Å²) in [6.07, 6.45) is 5.83. The lowest BCUT2D eigenvalue weighted by Crippen LogP contribution is -2.38. The highest BCUT2D eigenvalue weighted by Gasteiger charge is 2.31. The van der Waals surface area contributed by atoms with Crippen LogP contribution in [0.5, 0.6) is 0 Å². The third kappa shape index (κ3) is 4.56. The van der Waals surface area contributed by atoms with E-state index < -0.39 is 0 Å². The van der Waals surface area contributed by atoms with E-state index in [-0.39, 0.29) is 5.54 Å². The van der Waals surface area contributed by atoms with Crippen molar-refractivity contribution in [3.63, 3.8) is 0 Å². The Morgan fingerprint density at radius 3 is 2.79 bits per heavy atom. The second kappa shape index (κ2) is 6.98. The van der Waals surface area contributed by atoms with E-state index >= 15 is 0 Å². The minimum Gasteiger partial charge on any atom is -0.382 e. The molecule has 1 aromatic rings. The molecule has 19 heavy (non-hydrogen) atoms. The standard InChI is InChI=1S/C13H23N3O3/c1-17-8-9-18-7-4-11-15-12(19-16-11)10-13(14)5-2-3-6-13/h2-10,14H2,1H3. The van der Waals surface area contributed by atoms with Gasteiger partial charge in [0.1, 0.15) is 0 Å². The van der Waals surface area contributed by atoms with E-state index in [2.05, 4.69) is 10.1 Å². The minimum absolute atomic E-state index is 0.140. The quantitative estimate of drug-likeness (QED) is 0.711. The third-order valence-electron chi connectivity index (χ3n) is 3.51. The van der Waals surface area contributed by atoms with Gasteiger partial charge in [0.15, 0.2) is 5.82 Å². The van der Waals surface area contributed by atoms with Crippen LogP contribution in [0.2, 0.25) is 0 Å². The number of rotatable bonds is 8. The molecule has 0 aromatic carbocycles. The van der Waals surface area contributed by atoms with Crippen LogP contribution in [-0.4, -0.2) is 42.6 Å². The zero-order valence-electron chi connectivity index (χ0n) is 11.6. The van der Waals surface area contributed by atoms with Crippen molar-refractivity contribution in [2.24, 2.45) is 5.73 Å². The number of hydrogen-bond acceptors (Lipinski definition) is 6. The van der Waals surface area contributed by atoms with Crippen LogP contribution in [0.15, 0.2) is 4.52 Å². The summed E-state index contributed by atoms with van der Waals surface area (Å²) >= 11 is 0. The molecule has 108 valence electrons. The first kappa shape index (κ1) is 14.4. The highest BCUT2D eigenvalue weighted by molar-refractivity contribution is 4.98. The van der Waals surface area contributed by atoms with Gasteiger partial charge in [-0.1, -0.05) is 18.0 Å². The van der Waals surface area contributed by atoms with E-state index in [0.717, 1.165) is 12.8 Å². The molecule has 1 fully saturated rings. The fraction of sp³-hybridized carbons (Fsp3) is 0.846. The number of nitrogens with zero attached hydrogens (tertiary/aromatic N) is 2. The summed E-state index contributed by atoms with van der Waals surface area (Å²) in [5, 5.41) is 3.95. The highest BCUT2D eigenvalue weighted by Crippen LogP contribution is 2.29. The van der Waals surface area contributed by atoms with Gasteiger partial charge in [0.25, 0.3) is 0 Å². The lowest BCUT2D eigenvalue weighted by atomic mass is 9.95. The van der Waals surface area contributed by atoms with Crippen LogP contribution in [0.1, 0.15) is 37.4 Å². The van der Waals surface area contributed by atoms with Gasteiger partial charge in [-0.2, -0.15) is 4.98 Å². The van der Waals surface area contributed by atoms with Gasteiger partial charge >= 0.3 is 0 Å². The Bertz CT molecular complexity index is 375. The summed E-state index contributed by atoms with van der Waals surface area (Å²) < 4.78 is 15.5. The molecule has 0 radical (unpaired) electrons. The minimum atomic E-state index is -0.140. The van der Waals surface area contributed by atoms with E-state index in [4.69, 9.17) is 19.7 Å². The molecule has 1 aliphatic rings. The highest BCUT2D eigenvalue weighted by atomic mass is 16.5. The monoisotopic (exact) mass is 269 g/mol. The molecule has 0 bridgehead atoms. The predicted octanol–water partition coefficient (Wildman–Crippen LogP) is 1.09. The normalized spacial score (nSPS) is 18.0. The number of aromatic nitrogens is 2. The summed E-state index contributed by atoms with van der Waals surface area (Å²) in [4.78, 5) is 4.37. The van der Waals surface area contributed by atoms with Crippen molar-refractivity contribution in [2.75, 3.05) is 26.9 Å². The van der Waals surface area contributed by atoms with E-state index in [1.807, 2.05) is 0 Å². The topological polar surface area (TPSA) is 83.4 Å². The van der Waals surface area contributed by atoms with E-state index in [1.165, 1.54) is 12.8 Å². The molecule has 1 aromatic heterocycles. The van der Waals surface area contributed by atoms with Crippen molar-refractivity contribution in [3.8, 4) is 0 Å². The van der Waals surface area contributed by atoms with Crippen molar-refractivity contribution in [1.82, 2.24) is 10.1 Å². The molecule has 2 rings (SSSR count). The Labute approximate surface area is 113 Å². The molecule has 0 saturated heterocycles. The van der Waals surface area contributed by atoms with Crippen molar-refractivity contribution in [3.05, 3.63) is 11.7 Å². The summed E-state index contributed by atoms with van der Waals surface area (Å²) in [6, 6.07) is 0. The lowest BCUT2D eigenvalue weighted by molar-refractivity contribution is 0.0714. The summed E-state index contributed by atoms with van der Waals surface area (Å²) in [7, 11) is 1.65. The van der Waals surface area contributed by atoms with Gasteiger partial charge in [0, 0.05) is 25.5 Å². The predicted molar refractivity (Wildman–Crippen MR) is 69.8 cm³/mol. The maximum Gasteiger partial charge on any atom is 0.228 e. The molecule has 1 saturated carbocycles. The molecular formula is C13H23N3O3. The maximum atomic E-state index is 6.29. The van der Waals surface area contributed by atoms with Crippen LogP contribution < -0.4 is 5.73 Å². The lowest BCUT2D eigenvalue weighted by Gasteiger charge is -2.20. The molecular weight excluding hydrogens is 246 g/mol. The van der Waals surface area contributed by atoms with Gasteiger partial charge in [-0.25, -0.2) is 0 Å². The zero-order valence-corrected chi connectivity index (χ0v) is 11.6. The SMILES string of the molecule is COCCOCCc1noc(CC2(N)CCCC2)n1. The smallest absolute Gasteiger partial charge is 0.228 e. The first-order chi connectivity index (χ1) is 9.22. The largest absolute Gasteiger partial charge is 0.382 e. The van der Waals surface area contributed by atoms with Crippen LogP contribution in [0.25, 0.3) is 0 Å². The van der Waals surface area contributed by atoms with Crippen molar-refractivity contribution in [2.45, 2.75) is 44.1 Å². The van der Waals surface area contributed by atoms with E-state index in [0.29, 0.717) is 44.4 Å². The summed E-state index contributed by atoms with van der Waals surface area (Å²) in [5.74, 6) is 1.34. The van der Waals surface area contributed by atoms with Gasteiger partial charge in [-0.15, -0.1) is 0 Å². The van der Waals surface area contributed by atoms with Gasteiger partial charge < -0.3 is 19.7 Å². The molecule has 6 heteroatoms. The summed E-state index contributed by atoms with van der Waals surface area (Å²) in [6.45, 7) is 1.77. The Morgan fingerprint density at radius 1 is 1.26 bits per heavy atom. The molecule has 0 aliphatic heterocycles. The van der Waals surface area contributed by atoms with Gasteiger partial charge in [0.05, 0.1) is 19.8 Å². The Hall–Kier alpha value is -0.980. The second-order valence-electron chi connectivity index (χ2n) is 5.21. The first-order valence-corrected chi connectivity index (χ1v) is 6.89. The molecule has 0 atom stereocenters. The van der Waals surface area contributed by atoms with Gasteiger partial charge in [-0.3, -0.25) is 0 Å². The molecule has 1 heterocycles. The Kier molecular flexibility index (Phi) is 5.30. The van der Waals surface area contributed by atoms with Crippen LogP contribution >= 0.6 is 0 Å². The molecule has 6 nitrogen and oxygen atoms in total. The molecule has 0 spiro atoms. The number of nitrogens with two attached hydrogens (primary N) is 1. The molecule has 2 N–H and O–H groups in total. The average molecular weight is 269 g/mol. The molecule has 1 aliphatic carbocycles. The average Bonchev–Trinajstić information content (AvgIpc) is 2.99. The molecule has 0 unspecified atom stereocenters. The van der Waals surface area contributed by atoms with Crippen LogP contribution in [0, 0.1) is 0 Å². The van der Waals surface area contributed by atoms with E-state index in [9.17, 15) is 0 Å². The summed E-state index contributed by atoms with van der Waals surface area (Å²) in [5.41, 5.74) is 6.15. The number of methoxy groups -OCH3 is 1. The Balaban J connectivity index is 1.72. The van der Waals surface area contributed by atoms with Crippen LogP contribution in [-0.2, 0) is 22.3 Å². The van der Waals surface area contributed by atoms with Crippen LogP contribution in [0.4, 0.5) is 0 Å². The van der Waals surface area contributed by atoms with Crippen molar-refractivity contribution >= 4 is 0 Å². The third-order valence-corrected chi connectivity index (χ3v) is 3.51. The first-order valence-electron chi connectivity index (χ1n) is 6.89. The van der Waals surface area contributed by atoms with Crippen LogP contribution in [0.3, 0.4) is 0 Å². The van der Waals surface area contributed by atoms with Crippen molar-refractivity contribution in [1.29, 1.82) is 0 Å².